The summed E-state index contributed by atoms with van der Waals surface area (Å²) in [4.78, 5) is 2.22. The lowest BCUT2D eigenvalue weighted by Gasteiger charge is -2.35. The lowest BCUT2D eigenvalue weighted by molar-refractivity contribution is 0.385. The number of halogens is 1. The van der Waals surface area contributed by atoms with Gasteiger partial charge in [-0.2, -0.15) is 9.57 Å². The Morgan fingerprint density at radius 2 is 1.50 bits per heavy atom. The van der Waals surface area contributed by atoms with E-state index < -0.39 is 10.0 Å². The Kier molecular flexibility index (Phi) is 4.51. The molecule has 1 saturated heterocycles. The number of hydrogen-bond acceptors (Lipinski definition) is 4. The molecule has 0 bridgehead atoms. The zero-order valence-corrected chi connectivity index (χ0v) is 13.7. The van der Waals surface area contributed by atoms with E-state index >= 15 is 0 Å². The van der Waals surface area contributed by atoms with E-state index in [1.165, 1.54) is 40.7 Å². The van der Waals surface area contributed by atoms with Gasteiger partial charge in [-0.05, 0) is 48.5 Å². The molecule has 0 amide bonds. The lowest BCUT2D eigenvalue weighted by atomic mass is 10.2. The van der Waals surface area contributed by atoms with Gasteiger partial charge in [0.15, 0.2) is 0 Å². The van der Waals surface area contributed by atoms with Crippen LogP contribution in [0, 0.1) is 17.1 Å². The average molecular weight is 345 g/mol. The summed E-state index contributed by atoms with van der Waals surface area (Å²) in [6.45, 7) is 1.81. The van der Waals surface area contributed by atoms with Crippen LogP contribution in [0.3, 0.4) is 0 Å². The summed E-state index contributed by atoms with van der Waals surface area (Å²) in [6.07, 6.45) is 0. The highest BCUT2D eigenvalue weighted by molar-refractivity contribution is 7.89. The Balaban J connectivity index is 1.71. The van der Waals surface area contributed by atoms with Gasteiger partial charge in [0.1, 0.15) is 5.82 Å². The van der Waals surface area contributed by atoms with Crippen molar-refractivity contribution in [3.8, 4) is 6.07 Å². The summed E-state index contributed by atoms with van der Waals surface area (Å²) in [7, 11) is -3.56. The van der Waals surface area contributed by atoms with Gasteiger partial charge >= 0.3 is 0 Å². The Morgan fingerprint density at radius 1 is 0.917 bits per heavy atom. The van der Waals surface area contributed by atoms with Gasteiger partial charge in [-0.15, -0.1) is 0 Å². The van der Waals surface area contributed by atoms with Crippen LogP contribution in [0.5, 0.6) is 0 Å². The largest absolute Gasteiger partial charge is 0.369 e. The van der Waals surface area contributed by atoms with E-state index in [0.29, 0.717) is 31.7 Å². The second-order valence-corrected chi connectivity index (χ2v) is 7.44. The maximum Gasteiger partial charge on any atom is 0.243 e. The molecular formula is C17H16FN3O2S. The molecule has 1 aliphatic heterocycles. The number of hydrogen-bond donors (Lipinski definition) is 0. The van der Waals surface area contributed by atoms with Gasteiger partial charge < -0.3 is 4.90 Å². The summed E-state index contributed by atoms with van der Waals surface area (Å²) in [5.74, 6) is -0.291. The maximum absolute atomic E-state index is 13.0. The van der Waals surface area contributed by atoms with Crippen LogP contribution in [0.4, 0.5) is 10.1 Å². The van der Waals surface area contributed by atoms with E-state index in [0.717, 1.165) is 5.69 Å². The number of anilines is 1. The van der Waals surface area contributed by atoms with Crippen LogP contribution in [-0.2, 0) is 10.0 Å². The SMILES string of the molecule is N#Cc1ccc(S(=O)(=O)N2CCN(c3ccc(F)cc3)CC2)cc1. The van der Waals surface area contributed by atoms with Crippen molar-refractivity contribution in [2.45, 2.75) is 4.90 Å². The molecule has 3 rings (SSSR count). The number of nitrogens with zero attached hydrogens (tertiary/aromatic N) is 3. The number of sulfonamides is 1. The molecule has 0 N–H and O–H groups in total. The zero-order chi connectivity index (χ0) is 17.2. The van der Waals surface area contributed by atoms with Crippen molar-refractivity contribution in [3.05, 3.63) is 59.9 Å². The standard InChI is InChI=1S/C17H16FN3O2S/c18-15-3-5-16(6-4-15)20-9-11-21(12-10-20)24(22,23)17-7-1-14(13-19)2-8-17/h1-8H,9-12H2. The molecule has 0 atom stereocenters. The summed E-state index contributed by atoms with van der Waals surface area (Å²) in [6, 6.07) is 14.1. The quantitative estimate of drug-likeness (QED) is 0.855. The number of benzene rings is 2. The first-order valence-corrected chi connectivity index (χ1v) is 8.95. The van der Waals surface area contributed by atoms with Gasteiger partial charge in [0.05, 0.1) is 16.5 Å². The van der Waals surface area contributed by atoms with E-state index in [9.17, 15) is 12.8 Å². The van der Waals surface area contributed by atoms with Crippen molar-refractivity contribution in [3.63, 3.8) is 0 Å². The molecule has 1 heterocycles. The molecule has 1 fully saturated rings. The lowest BCUT2D eigenvalue weighted by Crippen LogP contribution is -2.48. The highest BCUT2D eigenvalue weighted by Gasteiger charge is 2.28. The second kappa shape index (κ2) is 6.59. The van der Waals surface area contributed by atoms with Gasteiger partial charge in [0.25, 0.3) is 0 Å². The molecule has 5 nitrogen and oxygen atoms in total. The van der Waals surface area contributed by atoms with Crippen LogP contribution in [0.1, 0.15) is 5.56 Å². The zero-order valence-electron chi connectivity index (χ0n) is 12.9. The third-order valence-electron chi connectivity index (χ3n) is 4.05. The molecule has 0 saturated carbocycles. The average Bonchev–Trinajstić information content (AvgIpc) is 2.62. The van der Waals surface area contributed by atoms with E-state index in [1.54, 1.807) is 12.1 Å². The van der Waals surface area contributed by atoms with Crippen LogP contribution < -0.4 is 4.90 Å². The summed E-state index contributed by atoms with van der Waals surface area (Å²) < 4.78 is 39.7. The minimum absolute atomic E-state index is 0.191. The number of rotatable bonds is 3. The van der Waals surface area contributed by atoms with Gasteiger partial charge in [0.2, 0.25) is 10.0 Å². The second-order valence-electron chi connectivity index (χ2n) is 5.50. The summed E-state index contributed by atoms with van der Waals surface area (Å²) >= 11 is 0. The van der Waals surface area contributed by atoms with Gasteiger partial charge in [-0.25, -0.2) is 12.8 Å². The third kappa shape index (κ3) is 3.25. The highest BCUT2D eigenvalue weighted by atomic mass is 32.2. The molecule has 2 aromatic rings. The van der Waals surface area contributed by atoms with Crippen molar-refractivity contribution in [2.24, 2.45) is 0 Å². The Morgan fingerprint density at radius 3 is 2.04 bits per heavy atom. The molecule has 7 heteroatoms. The van der Waals surface area contributed by atoms with Crippen LogP contribution in [0.15, 0.2) is 53.4 Å². The van der Waals surface area contributed by atoms with Gasteiger partial charge in [-0.1, -0.05) is 0 Å². The first-order valence-electron chi connectivity index (χ1n) is 7.51. The predicted molar refractivity (Wildman–Crippen MR) is 88.5 cm³/mol. The Bertz CT molecular complexity index is 850. The van der Waals surface area contributed by atoms with E-state index in [-0.39, 0.29) is 10.7 Å². The van der Waals surface area contributed by atoms with Gasteiger partial charge in [-0.3, -0.25) is 0 Å². The summed E-state index contributed by atoms with van der Waals surface area (Å²) in [5, 5.41) is 8.80. The maximum atomic E-state index is 13.0. The number of nitriles is 1. The fourth-order valence-corrected chi connectivity index (χ4v) is 4.11. The molecule has 0 spiro atoms. The first-order chi connectivity index (χ1) is 11.5. The molecule has 24 heavy (non-hydrogen) atoms. The molecule has 124 valence electrons. The van der Waals surface area contributed by atoms with Crippen LogP contribution in [0.25, 0.3) is 0 Å². The fraction of sp³-hybridized carbons (Fsp3) is 0.235. The van der Waals surface area contributed by atoms with Crippen molar-refractivity contribution in [2.75, 3.05) is 31.1 Å². The molecule has 0 aliphatic carbocycles. The van der Waals surface area contributed by atoms with E-state index in [1.807, 2.05) is 11.0 Å². The minimum Gasteiger partial charge on any atom is -0.369 e. The van der Waals surface area contributed by atoms with Crippen LogP contribution in [-0.4, -0.2) is 38.9 Å². The van der Waals surface area contributed by atoms with Crippen LogP contribution in [0.2, 0.25) is 0 Å². The third-order valence-corrected chi connectivity index (χ3v) is 5.96. The first kappa shape index (κ1) is 16.4. The van der Waals surface area contributed by atoms with Crippen molar-refractivity contribution in [1.82, 2.24) is 4.31 Å². The van der Waals surface area contributed by atoms with Gasteiger partial charge in [0, 0.05) is 31.9 Å². The summed E-state index contributed by atoms with van der Waals surface area (Å²) in [5.41, 5.74) is 1.31. The Hall–Kier alpha value is -2.43. The highest BCUT2D eigenvalue weighted by Crippen LogP contribution is 2.21. The molecule has 0 unspecified atom stereocenters. The predicted octanol–water partition coefficient (Wildman–Crippen LogP) is 2.21. The normalized spacial score (nSPS) is 15.9. The molecular weight excluding hydrogens is 329 g/mol. The van der Waals surface area contributed by atoms with Crippen LogP contribution >= 0.6 is 0 Å². The minimum atomic E-state index is -3.56. The van der Waals surface area contributed by atoms with Crippen molar-refractivity contribution >= 4 is 15.7 Å². The molecule has 0 aromatic heterocycles. The smallest absolute Gasteiger partial charge is 0.243 e. The van der Waals surface area contributed by atoms with E-state index in [2.05, 4.69) is 0 Å². The topological polar surface area (TPSA) is 64.4 Å². The molecule has 0 radical (unpaired) electrons. The monoisotopic (exact) mass is 345 g/mol. The fourth-order valence-electron chi connectivity index (χ4n) is 2.69. The van der Waals surface area contributed by atoms with E-state index in [4.69, 9.17) is 5.26 Å². The molecule has 1 aliphatic rings. The number of piperazine rings is 1. The van der Waals surface area contributed by atoms with Crippen molar-refractivity contribution < 1.29 is 12.8 Å². The van der Waals surface area contributed by atoms with Crippen molar-refractivity contribution in [1.29, 1.82) is 5.26 Å². The Labute approximate surface area is 140 Å². The molecule has 2 aromatic carbocycles.